The van der Waals surface area contributed by atoms with E-state index in [1.54, 1.807) is 0 Å². The van der Waals surface area contributed by atoms with Crippen LogP contribution in [0, 0.1) is 21.4 Å². The molecule has 1 aliphatic heterocycles. The van der Waals surface area contributed by atoms with E-state index in [4.69, 9.17) is 0 Å². The summed E-state index contributed by atoms with van der Waals surface area (Å²) < 4.78 is 0. The molecule has 0 unspecified atom stereocenters. The molecule has 3 N–H and O–H groups in total. The van der Waals surface area contributed by atoms with Crippen molar-refractivity contribution < 1.29 is 24.4 Å². The van der Waals surface area contributed by atoms with Crippen molar-refractivity contribution in [1.29, 1.82) is 0 Å². The van der Waals surface area contributed by atoms with Gasteiger partial charge in [0.15, 0.2) is 0 Å². The maximum atomic E-state index is 13.1. The molecule has 0 bridgehead atoms. The number of hydrogen-bond donors (Lipinski definition) is 3. The van der Waals surface area contributed by atoms with Gasteiger partial charge in [-0.2, -0.15) is 0 Å². The fraction of sp³-hybridized carbons (Fsp3) is 0.609. The van der Waals surface area contributed by atoms with Crippen LogP contribution in [-0.4, -0.2) is 51.4 Å². The van der Waals surface area contributed by atoms with E-state index >= 15 is 0 Å². The van der Waals surface area contributed by atoms with Crippen molar-refractivity contribution in [2.75, 3.05) is 13.1 Å². The van der Waals surface area contributed by atoms with Gasteiger partial charge < -0.3 is 15.7 Å². The molecule has 4 amide bonds. The molecule has 1 spiro atoms. The first kappa shape index (κ1) is 24.6. The monoisotopic (exact) mass is 460 g/mol. The molecule has 0 radical (unpaired) electrons. The van der Waals surface area contributed by atoms with Gasteiger partial charge in [0.1, 0.15) is 12.1 Å². The van der Waals surface area contributed by atoms with Crippen LogP contribution in [0.5, 0.6) is 0 Å². The first-order valence-electron chi connectivity index (χ1n) is 11.3. The molecule has 1 saturated carbocycles. The number of nitrogens with one attached hydrogen (secondary N) is 2. The number of carbonyl (C=O) groups excluding carboxylic acids is 3. The molecule has 10 nitrogen and oxygen atoms in total. The quantitative estimate of drug-likeness (QED) is 0.309. The summed E-state index contributed by atoms with van der Waals surface area (Å²) in [6.45, 7) is 6.03. The van der Waals surface area contributed by atoms with Crippen molar-refractivity contribution in [3.8, 4) is 0 Å². The average Bonchev–Trinajstić information content (AvgIpc) is 3.01. The largest absolute Gasteiger partial charge is 0.387 e. The minimum absolute atomic E-state index is 0.102. The molecule has 2 fully saturated rings. The van der Waals surface area contributed by atoms with Gasteiger partial charge in [0.2, 0.25) is 5.91 Å². The topological polar surface area (TPSA) is 142 Å². The van der Waals surface area contributed by atoms with Gasteiger partial charge in [0.25, 0.3) is 11.6 Å². The summed E-state index contributed by atoms with van der Waals surface area (Å²) in [5.41, 5.74) is -0.454. The molecule has 0 aromatic heterocycles. The number of nitro benzene ring substituents is 1. The van der Waals surface area contributed by atoms with Gasteiger partial charge in [0.05, 0.1) is 11.0 Å². The highest BCUT2D eigenvalue weighted by Gasteiger charge is 2.53. The van der Waals surface area contributed by atoms with Crippen LogP contribution in [-0.2, 0) is 9.59 Å². The molecule has 1 saturated heterocycles. The molecule has 1 aromatic rings. The summed E-state index contributed by atoms with van der Waals surface area (Å²) in [6.07, 6.45) is 2.76. The molecule has 33 heavy (non-hydrogen) atoms. The van der Waals surface area contributed by atoms with Gasteiger partial charge in [-0.25, -0.2) is 4.79 Å². The number of urea groups is 1. The lowest BCUT2D eigenvalue weighted by Gasteiger charge is -2.42. The number of aliphatic hydroxyl groups is 1. The molecular weight excluding hydrogens is 428 g/mol. The predicted molar refractivity (Wildman–Crippen MR) is 120 cm³/mol. The van der Waals surface area contributed by atoms with Crippen LogP contribution in [0.15, 0.2) is 24.3 Å². The maximum absolute atomic E-state index is 13.1. The Labute approximate surface area is 192 Å². The summed E-state index contributed by atoms with van der Waals surface area (Å²) in [5.74, 6) is -0.459. The molecule has 3 rings (SSSR count). The van der Waals surface area contributed by atoms with Crippen LogP contribution < -0.4 is 10.6 Å². The number of non-ortho nitro benzene ring substituents is 1. The van der Waals surface area contributed by atoms with Gasteiger partial charge in [-0.05, 0) is 54.7 Å². The van der Waals surface area contributed by atoms with Gasteiger partial charge in [-0.15, -0.1) is 0 Å². The van der Waals surface area contributed by atoms with Crippen LogP contribution >= 0.6 is 0 Å². The number of carbonyl (C=O) groups is 3. The van der Waals surface area contributed by atoms with Crippen molar-refractivity contribution in [2.45, 2.75) is 64.5 Å². The normalized spacial score (nSPS) is 24.0. The average molecular weight is 461 g/mol. The molecule has 1 aromatic carbocycles. The fourth-order valence-corrected chi connectivity index (χ4v) is 4.69. The van der Waals surface area contributed by atoms with Gasteiger partial charge in [-0.1, -0.05) is 27.2 Å². The summed E-state index contributed by atoms with van der Waals surface area (Å²) >= 11 is 0. The van der Waals surface area contributed by atoms with E-state index in [1.807, 2.05) is 0 Å². The van der Waals surface area contributed by atoms with Crippen molar-refractivity contribution >= 4 is 23.5 Å². The van der Waals surface area contributed by atoms with E-state index in [1.165, 1.54) is 24.3 Å². The van der Waals surface area contributed by atoms with Crippen molar-refractivity contribution in [1.82, 2.24) is 15.5 Å². The Balaban J connectivity index is 1.53. The lowest BCUT2D eigenvalue weighted by atomic mass is 9.65. The van der Waals surface area contributed by atoms with Crippen LogP contribution in [0.3, 0.4) is 0 Å². The Hall–Kier alpha value is -3.01. The standard InChI is InChI=1S/C23H32N4O6/c1-4-22(2,3)16-9-11-23(12-10-16)20(30)26(21(31)25-23)14-19(29)24-13-18(28)15-5-7-17(8-6-15)27(32)33/h5-8,16,18,28H,4,9-14H2,1-3H3,(H,24,29)(H,25,31)/t16?,18-,23?/m1/s1. The van der Waals surface area contributed by atoms with Crippen molar-refractivity contribution in [3.63, 3.8) is 0 Å². The highest BCUT2D eigenvalue weighted by molar-refractivity contribution is 6.09. The molecular formula is C23H32N4O6. The SMILES string of the molecule is CCC(C)(C)C1CCC2(CC1)NC(=O)N(CC(=O)NC[C@@H](O)c1ccc([N+](=O)[O-])cc1)C2=O. The first-order valence-corrected chi connectivity index (χ1v) is 11.3. The predicted octanol–water partition coefficient (Wildman–Crippen LogP) is 2.66. The Kier molecular flexibility index (Phi) is 7.06. The lowest BCUT2D eigenvalue weighted by Crippen LogP contribution is -2.51. The molecule has 1 atom stereocenters. The zero-order valence-corrected chi connectivity index (χ0v) is 19.3. The number of nitro groups is 1. The minimum Gasteiger partial charge on any atom is -0.387 e. The van der Waals surface area contributed by atoms with E-state index in [0.717, 1.165) is 24.2 Å². The molecule has 10 heteroatoms. The summed E-state index contributed by atoms with van der Waals surface area (Å²) in [4.78, 5) is 49.0. The minimum atomic E-state index is -1.08. The lowest BCUT2D eigenvalue weighted by molar-refractivity contribution is -0.384. The Bertz CT molecular complexity index is 921. The third-order valence-corrected chi connectivity index (χ3v) is 7.38. The Morgan fingerprint density at radius 3 is 2.45 bits per heavy atom. The number of imide groups is 1. The smallest absolute Gasteiger partial charge is 0.325 e. The van der Waals surface area contributed by atoms with Crippen molar-refractivity contribution in [3.05, 3.63) is 39.9 Å². The number of hydrogen-bond acceptors (Lipinski definition) is 6. The van der Waals surface area contributed by atoms with E-state index in [0.29, 0.717) is 24.3 Å². The number of rotatable bonds is 8. The summed E-state index contributed by atoms with van der Waals surface area (Å²) in [7, 11) is 0. The van der Waals surface area contributed by atoms with Crippen LogP contribution in [0.4, 0.5) is 10.5 Å². The van der Waals surface area contributed by atoms with E-state index in [9.17, 15) is 29.6 Å². The number of amides is 4. The van der Waals surface area contributed by atoms with Gasteiger partial charge in [-0.3, -0.25) is 24.6 Å². The van der Waals surface area contributed by atoms with Gasteiger partial charge >= 0.3 is 6.03 Å². The molecule has 180 valence electrons. The second-order valence-corrected chi connectivity index (χ2v) is 9.69. The Morgan fingerprint density at radius 1 is 1.30 bits per heavy atom. The van der Waals surface area contributed by atoms with Crippen LogP contribution in [0.25, 0.3) is 0 Å². The van der Waals surface area contributed by atoms with Gasteiger partial charge in [0, 0.05) is 18.7 Å². The van der Waals surface area contributed by atoms with Crippen LogP contribution in [0.1, 0.15) is 64.5 Å². The zero-order chi connectivity index (χ0) is 24.4. The molecule has 1 aliphatic carbocycles. The van der Waals surface area contributed by atoms with E-state index < -0.39 is 35.0 Å². The van der Waals surface area contributed by atoms with Crippen LogP contribution in [0.2, 0.25) is 0 Å². The third-order valence-electron chi connectivity index (χ3n) is 7.38. The molecule has 2 aliphatic rings. The zero-order valence-electron chi connectivity index (χ0n) is 19.3. The second kappa shape index (κ2) is 9.46. The maximum Gasteiger partial charge on any atom is 0.325 e. The summed E-state index contributed by atoms with van der Waals surface area (Å²) in [5, 5.41) is 26.3. The second-order valence-electron chi connectivity index (χ2n) is 9.69. The first-order chi connectivity index (χ1) is 15.5. The Morgan fingerprint density at radius 2 is 1.91 bits per heavy atom. The third kappa shape index (κ3) is 5.16. The van der Waals surface area contributed by atoms with E-state index in [2.05, 4.69) is 31.4 Å². The number of benzene rings is 1. The summed E-state index contributed by atoms with van der Waals surface area (Å²) in [6, 6.07) is 4.78. The molecule has 1 heterocycles. The highest BCUT2D eigenvalue weighted by atomic mass is 16.6. The highest BCUT2D eigenvalue weighted by Crippen LogP contribution is 2.45. The fourth-order valence-electron chi connectivity index (χ4n) is 4.69. The van der Waals surface area contributed by atoms with E-state index in [-0.39, 0.29) is 23.6 Å². The number of aliphatic hydroxyl groups excluding tert-OH is 1. The number of nitrogens with zero attached hydrogens (tertiary/aromatic N) is 2. The van der Waals surface area contributed by atoms with Crippen molar-refractivity contribution in [2.24, 2.45) is 11.3 Å².